The van der Waals surface area contributed by atoms with Crippen LogP contribution in [0.25, 0.3) is 0 Å². The number of hydrogen-bond acceptors (Lipinski definition) is 6. The summed E-state index contributed by atoms with van der Waals surface area (Å²) in [5.74, 6) is -2.41. The van der Waals surface area contributed by atoms with E-state index in [-0.39, 0.29) is 30.9 Å². The van der Waals surface area contributed by atoms with Crippen molar-refractivity contribution in [2.75, 3.05) is 49.6 Å². The molecule has 0 aromatic heterocycles. The Kier molecular flexibility index (Phi) is 10.3. The Balaban J connectivity index is 1.63. The van der Waals surface area contributed by atoms with Crippen molar-refractivity contribution in [1.82, 2.24) is 9.80 Å². The van der Waals surface area contributed by atoms with E-state index in [1.165, 1.54) is 0 Å². The highest BCUT2D eigenvalue weighted by molar-refractivity contribution is 6.05. The van der Waals surface area contributed by atoms with Crippen LogP contribution in [-0.4, -0.2) is 95.7 Å². The van der Waals surface area contributed by atoms with Crippen molar-refractivity contribution in [3.05, 3.63) is 85.5 Å². The van der Waals surface area contributed by atoms with Gasteiger partial charge >= 0.3 is 0 Å². The molecule has 3 saturated heterocycles. The Morgan fingerprint density at radius 2 is 1.62 bits per heavy atom. The Hall–Kier alpha value is -3.95. The van der Waals surface area contributed by atoms with Crippen LogP contribution in [0.4, 0.5) is 11.4 Å². The number of benzene rings is 2. The van der Waals surface area contributed by atoms with Crippen molar-refractivity contribution in [1.29, 1.82) is 0 Å². The van der Waals surface area contributed by atoms with E-state index in [0.717, 1.165) is 24.3 Å². The summed E-state index contributed by atoms with van der Waals surface area (Å²) < 4.78 is 7.01. The Bertz CT molecular complexity index is 1460. The van der Waals surface area contributed by atoms with E-state index in [1.807, 2.05) is 61.5 Å². The van der Waals surface area contributed by atoms with Crippen molar-refractivity contribution in [2.45, 2.75) is 69.7 Å². The smallest absolute Gasteiger partial charge is 0.253 e. The molecule has 1 spiro atoms. The molecule has 9 nitrogen and oxygen atoms in total. The van der Waals surface area contributed by atoms with Crippen LogP contribution < -0.4 is 9.80 Å². The van der Waals surface area contributed by atoms with Gasteiger partial charge in [-0.2, -0.15) is 0 Å². The predicted octanol–water partition coefficient (Wildman–Crippen LogP) is 4.45. The third-order valence-electron chi connectivity index (χ3n) is 10.7. The average Bonchev–Trinajstić information content (AvgIpc) is 3.70. The third kappa shape index (κ3) is 5.78. The van der Waals surface area contributed by atoms with Gasteiger partial charge in [0.15, 0.2) is 0 Å². The Morgan fingerprint density at radius 3 is 2.19 bits per heavy atom. The zero-order valence-corrected chi connectivity index (χ0v) is 28.3. The molecule has 0 aliphatic carbocycles. The van der Waals surface area contributed by atoms with E-state index in [9.17, 15) is 14.7 Å². The molecule has 5 rings (SSSR count). The van der Waals surface area contributed by atoms with E-state index in [0.29, 0.717) is 37.9 Å². The number of likely N-dealkylation sites (N-methyl/N-ethyl adjacent to an activating group) is 1. The van der Waals surface area contributed by atoms with Gasteiger partial charge in [-0.25, -0.2) is 0 Å². The van der Waals surface area contributed by atoms with E-state index >= 15 is 4.79 Å². The van der Waals surface area contributed by atoms with Crippen LogP contribution >= 0.6 is 0 Å². The summed E-state index contributed by atoms with van der Waals surface area (Å²) in [5.41, 5.74) is 0.586. The van der Waals surface area contributed by atoms with Gasteiger partial charge in [0.05, 0.1) is 30.1 Å². The molecule has 2 unspecified atom stereocenters. The van der Waals surface area contributed by atoms with Gasteiger partial charge in [0.1, 0.15) is 11.6 Å². The van der Waals surface area contributed by atoms with Crippen molar-refractivity contribution in [3.63, 3.8) is 0 Å². The first-order valence-electron chi connectivity index (χ1n) is 17.0. The first-order chi connectivity index (χ1) is 22.7. The number of likely N-dealkylation sites (tertiary alicyclic amines) is 1. The van der Waals surface area contributed by atoms with Gasteiger partial charge in [0.25, 0.3) is 5.91 Å². The second-order valence-corrected chi connectivity index (χ2v) is 13.0. The lowest BCUT2D eigenvalue weighted by molar-refractivity contribution is -0.153. The maximum absolute atomic E-state index is 15.1. The second kappa shape index (κ2) is 14.0. The van der Waals surface area contributed by atoms with Gasteiger partial charge < -0.3 is 29.4 Å². The number of amides is 3. The van der Waals surface area contributed by atoms with E-state index in [2.05, 4.69) is 31.9 Å². The summed E-state index contributed by atoms with van der Waals surface area (Å²) in [7, 11) is 1.71. The Labute approximate surface area is 279 Å². The number of anilines is 2. The van der Waals surface area contributed by atoms with Crippen LogP contribution in [0.3, 0.4) is 0 Å². The highest BCUT2D eigenvalue weighted by Crippen LogP contribution is 2.65. The maximum Gasteiger partial charge on any atom is 0.253 e. The molecule has 3 heterocycles. The van der Waals surface area contributed by atoms with E-state index in [1.54, 1.807) is 33.9 Å². The zero-order valence-electron chi connectivity index (χ0n) is 28.3. The van der Waals surface area contributed by atoms with Gasteiger partial charge in [0, 0.05) is 44.6 Å². The van der Waals surface area contributed by atoms with Crippen LogP contribution in [0.2, 0.25) is 0 Å². The first-order valence-corrected chi connectivity index (χ1v) is 17.0. The van der Waals surface area contributed by atoms with Gasteiger partial charge in [-0.15, -0.1) is 13.2 Å². The lowest BCUT2D eigenvalue weighted by Gasteiger charge is -2.39. The normalized spacial score (nSPS) is 26.5. The summed E-state index contributed by atoms with van der Waals surface area (Å²) in [6.45, 7) is 15.9. The molecule has 3 aliphatic heterocycles. The van der Waals surface area contributed by atoms with Crippen molar-refractivity contribution in [3.8, 4) is 0 Å². The molecule has 6 atom stereocenters. The topological polar surface area (TPSA) is 93.6 Å². The van der Waals surface area contributed by atoms with E-state index in [4.69, 9.17) is 4.74 Å². The van der Waals surface area contributed by atoms with Crippen molar-refractivity contribution < 1.29 is 24.2 Å². The summed E-state index contributed by atoms with van der Waals surface area (Å²) >= 11 is 0. The molecule has 2 aromatic rings. The molecule has 1 N–H and O–H groups in total. The molecule has 3 fully saturated rings. The maximum atomic E-state index is 15.1. The number of fused-ring (bicyclic) bond motifs is 1. The van der Waals surface area contributed by atoms with Crippen LogP contribution in [0.15, 0.2) is 79.9 Å². The van der Waals surface area contributed by atoms with Crippen molar-refractivity contribution in [2.24, 2.45) is 11.8 Å². The molecular formula is C38H50N4O5. The lowest BCUT2D eigenvalue weighted by atomic mass is 9.64. The average molecular weight is 643 g/mol. The van der Waals surface area contributed by atoms with Crippen LogP contribution in [0.5, 0.6) is 0 Å². The summed E-state index contributed by atoms with van der Waals surface area (Å²) in [4.78, 5) is 51.2. The SMILES string of the molecule is C=CCN(C)C(=O)[C@@H]1[C@H]2C(=O)N([C@@H](CO)Cc3ccccc3)C(C(=O)N(CC=C)c3ccc(N(CC)CC)cc3)C23CC[C@@]1(CC)O3. The predicted molar refractivity (Wildman–Crippen MR) is 185 cm³/mol. The van der Waals surface area contributed by atoms with Crippen LogP contribution in [0.1, 0.15) is 45.6 Å². The third-order valence-corrected chi connectivity index (χ3v) is 10.7. The van der Waals surface area contributed by atoms with Crippen LogP contribution in [-0.2, 0) is 25.5 Å². The van der Waals surface area contributed by atoms with Gasteiger partial charge in [-0.3, -0.25) is 14.4 Å². The summed E-state index contributed by atoms with van der Waals surface area (Å²) in [5, 5.41) is 10.8. The fourth-order valence-electron chi connectivity index (χ4n) is 8.39. The standard InChI is InChI=1S/C38H50N4O5/c1-7-23-39(6)34(44)31-32-35(45)42(30(26-43)25-27-15-13-12-14-16-27)33(38(32)22-21-37(31,9-3)47-38)36(46)41(24-8-2)29-19-17-28(18-20-29)40(10-4)11-5/h7-8,12-20,30-33,43H,1-2,9-11,21-26H2,3-6H3/t30-,31+,32+,33?,37-,38?/m1/s1. The van der Waals surface area contributed by atoms with E-state index < -0.39 is 35.1 Å². The lowest BCUT2D eigenvalue weighted by Crippen LogP contribution is -2.59. The number of carbonyl (C=O) groups excluding carboxylic acids is 3. The minimum atomic E-state index is -1.22. The number of rotatable bonds is 15. The van der Waals surface area contributed by atoms with Crippen LogP contribution in [0, 0.1) is 11.8 Å². The minimum absolute atomic E-state index is 0.182. The Morgan fingerprint density at radius 1 is 0.979 bits per heavy atom. The quantitative estimate of drug-likeness (QED) is 0.289. The molecule has 252 valence electrons. The fourth-order valence-corrected chi connectivity index (χ4v) is 8.39. The monoisotopic (exact) mass is 642 g/mol. The molecule has 2 aromatic carbocycles. The molecule has 9 heteroatoms. The summed E-state index contributed by atoms with van der Waals surface area (Å²) in [6, 6.07) is 15.8. The number of ether oxygens (including phenoxy) is 1. The largest absolute Gasteiger partial charge is 0.394 e. The molecule has 47 heavy (non-hydrogen) atoms. The fraction of sp³-hybridized carbons (Fsp3) is 0.500. The highest BCUT2D eigenvalue weighted by atomic mass is 16.5. The minimum Gasteiger partial charge on any atom is -0.394 e. The van der Waals surface area contributed by atoms with Gasteiger partial charge in [0.2, 0.25) is 11.8 Å². The molecular weight excluding hydrogens is 592 g/mol. The van der Waals surface area contributed by atoms with Gasteiger partial charge in [-0.1, -0.05) is 49.4 Å². The summed E-state index contributed by atoms with van der Waals surface area (Å²) in [6.07, 6.45) is 5.25. The molecule has 2 bridgehead atoms. The number of nitrogens with zero attached hydrogens (tertiary/aromatic N) is 4. The van der Waals surface area contributed by atoms with Gasteiger partial charge in [-0.05, 0) is 69.4 Å². The number of carbonyl (C=O) groups is 3. The van der Waals surface area contributed by atoms with Crippen molar-refractivity contribution >= 4 is 29.1 Å². The number of aliphatic hydroxyl groups is 1. The second-order valence-electron chi connectivity index (χ2n) is 13.0. The molecule has 3 aliphatic rings. The highest BCUT2D eigenvalue weighted by Gasteiger charge is 2.79. The number of hydrogen-bond donors (Lipinski definition) is 1. The molecule has 0 radical (unpaired) electrons. The first kappa shape index (κ1) is 34.4. The molecule has 3 amide bonds. The number of aliphatic hydroxyl groups excluding tert-OH is 1. The molecule has 0 saturated carbocycles. The zero-order chi connectivity index (χ0) is 33.9.